The van der Waals surface area contributed by atoms with Crippen LogP contribution in [0.15, 0.2) is 12.4 Å². The van der Waals surface area contributed by atoms with Crippen LogP contribution in [0.4, 0.5) is 0 Å². The quantitative estimate of drug-likeness (QED) is 0.454. The molecule has 0 bridgehead atoms. The molecule has 6 heteroatoms. The van der Waals surface area contributed by atoms with Crippen LogP contribution in [0.2, 0.25) is 0 Å². The molecule has 0 aromatic carbocycles. The maximum absolute atomic E-state index is 11.4. The summed E-state index contributed by atoms with van der Waals surface area (Å²) in [4.78, 5) is 15.5. The van der Waals surface area contributed by atoms with Gasteiger partial charge in [0.1, 0.15) is 11.5 Å². The van der Waals surface area contributed by atoms with Crippen LogP contribution in [-0.2, 0) is 16.1 Å². The summed E-state index contributed by atoms with van der Waals surface area (Å²) >= 11 is 4.80. The number of nitrogens with two attached hydrogens (primary N) is 1. The van der Waals surface area contributed by atoms with Gasteiger partial charge in [-0.05, 0) is 6.42 Å². The Balaban J connectivity index is 2.49. The normalized spacial score (nSPS) is 10.1. The van der Waals surface area contributed by atoms with Gasteiger partial charge in [0.15, 0.2) is 5.82 Å². The Labute approximate surface area is 99.6 Å². The molecule has 5 nitrogen and oxygen atoms in total. The molecule has 2 N–H and O–H groups in total. The minimum Gasteiger partial charge on any atom is -0.464 e. The molecule has 0 atom stereocenters. The van der Waals surface area contributed by atoms with Crippen molar-refractivity contribution in [2.75, 3.05) is 6.61 Å². The third-order valence-electron chi connectivity index (χ3n) is 2.00. The number of esters is 1. The fourth-order valence-electron chi connectivity index (χ4n) is 1.18. The molecule has 0 aliphatic rings. The first kappa shape index (κ1) is 12.6. The molecule has 0 fully saturated rings. The van der Waals surface area contributed by atoms with E-state index in [1.54, 1.807) is 17.0 Å². The molecular formula is C10H15N3O2S. The zero-order chi connectivity index (χ0) is 12.0. The maximum Gasteiger partial charge on any atom is 0.326 e. The van der Waals surface area contributed by atoms with Gasteiger partial charge >= 0.3 is 5.97 Å². The van der Waals surface area contributed by atoms with Crippen molar-refractivity contribution in [1.29, 1.82) is 0 Å². The highest BCUT2D eigenvalue weighted by Crippen LogP contribution is 1.99. The van der Waals surface area contributed by atoms with Gasteiger partial charge in [0, 0.05) is 12.4 Å². The van der Waals surface area contributed by atoms with E-state index in [4.69, 9.17) is 22.7 Å². The van der Waals surface area contributed by atoms with Crippen molar-refractivity contribution < 1.29 is 9.53 Å². The average Bonchev–Trinajstić information content (AvgIpc) is 2.66. The highest BCUT2D eigenvalue weighted by atomic mass is 32.1. The first-order valence-electron chi connectivity index (χ1n) is 5.11. The van der Waals surface area contributed by atoms with Crippen molar-refractivity contribution >= 4 is 23.2 Å². The number of ether oxygens (including phenoxy) is 1. The van der Waals surface area contributed by atoms with Gasteiger partial charge in [-0.3, -0.25) is 4.79 Å². The second kappa shape index (κ2) is 6.22. The number of hydrogen-bond acceptors (Lipinski definition) is 4. The molecule has 1 heterocycles. The van der Waals surface area contributed by atoms with Gasteiger partial charge < -0.3 is 15.0 Å². The van der Waals surface area contributed by atoms with Crippen molar-refractivity contribution in [3.63, 3.8) is 0 Å². The van der Waals surface area contributed by atoms with Gasteiger partial charge in [0.05, 0.1) is 6.61 Å². The van der Waals surface area contributed by atoms with Crippen LogP contribution >= 0.6 is 12.2 Å². The number of carbonyl (C=O) groups excluding carboxylic acids is 1. The smallest absolute Gasteiger partial charge is 0.326 e. The SMILES string of the molecule is CCCCOC(=O)Cn1ccnc1C(N)=S. The lowest BCUT2D eigenvalue weighted by Crippen LogP contribution is -2.21. The van der Waals surface area contributed by atoms with Crippen molar-refractivity contribution in [3.05, 3.63) is 18.2 Å². The zero-order valence-electron chi connectivity index (χ0n) is 9.18. The molecular weight excluding hydrogens is 226 g/mol. The fraction of sp³-hybridized carbons (Fsp3) is 0.500. The molecule has 0 amide bonds. The summed E-state index contributed by atoms with van der Waals surface area (Å²) in [6, 6.07) is 0. The van der Waals surface area contributed by atoms with E-state index in [0.717, 1.165) is 12.8 Å². The van der Waals surface area contributed by atoms with Gasteiger partial charge in [-0.2, -0.15) is 0 Å². The van der Waals surface area contributed by atoms with E-state index in [1.165, 1.54) is 0 Å². The van der Waals surface area contributed by atoms with Crippen LogP contribution in [0.3, 0.4) is 0 Å². The Morgan fingerprint density at radius 1 is 1.69 bits per heavy atom. The monoisotopic (exact) mass is 241 g/mol. The van der Waals surface area contributed by atoms with Gasteiger partial charge in [0.25, 0.3) is 0 Å². The number of hydrogen-bond donors (Lipinski definition) is 1. The maximum atomic E-state index is 11.4. The van der Waals surface area contributed by atoms with Gasteiger partial charge in [-0.1, -0.05) is 25.6 Å². The van der Waals surface area contributed by atoms with Gasteiger partial charge in [-0.25, -0.2) is 4.98 Å². The third kappa shape index (κ3) is 3.62. The summed E-state index contributed by atoms with van der Waals surface area (Å²) in [6.07, 6.45) is 5.07. The van der Waals surface area contributed by atoms with E-state index in [-0.39, 0.29) is 17.5 Å². The van der Waals surface area contributed by atoms with Crippen LogP contribution in [-0.4, -0.2) is 27.1 Å². The number of unbranched alkanes of at least 4 members (excludes halogenated alkanes) is 1. The average molecular weight is 241 g/mol. The molecule has 0 aliphatic heterocycles. The van der Waals surface area contributed by atoms with Crippen molar-refractivity contribution in [1.82, 2.24) is 9.55 Å². The molecule has 16 heavy (non-hydrogen) atoms. The van der Waals surface area contributed by atoms with Crippen LogP contribution in [0.25, 0.3) is 0 Å². The fourth-order valence-corrected chi connectivity index (χ4v) is 1.35. The molecule has 1 aromatic heterocycles. The summed E-state index contributed by atoms with van der Waals surface area (Å²) < 4.78 is 6.60. The zero-order valence-corrected chi connectivity index (χ0v) is 10.00. The minimum atomic E-state index is -0.302. The number of nitrogens with zero attached hydrogens (tertiary/aromatic N) is 2. The number of aromatic nitrogens is 2. The standard InChI is InChI=1S/C10H15N3O2S/c1-2-3-6-15-8(14)7-13-5-4-12-10(13)9(11)16/h4-5H,2-3,6-7H2,1H3,(H2,11,16). The summed E-state index contributed by atoms with van der Waals surface area (Å²) in [5.41, 5.74) is 5.45. The number of imidazole rings is 1. The van der Waals surface area contributed by atoms with Crippen LogP contribution in [0.5, 0.6) is 0 Å². The third-order valence-corrected chi connectivity index (χ3v) is 2.18. The molecule has 0 spiro atoms. The van der Waals surface area contributed by atoms with Crippen LogP contribution in [0, 0.1) is 0 Å². The molecule has 1 aromatic rings. The highest BCUT2D eigenvalue weighted by molar-refractivity contribution is 7.80. The second-order valence-electron chi connectivity index (χ2n) is 3.32. The van der Waals surface area contributed by atoms with Crippen molar-refractivity contribution in [2.24, 2.45) is 5.73 Å². The van der Waals surface area contributed by atoms with E-state index in [0.29, 0.717) is 12.4 Å². The lowest BCUT2D eigenvalue weighted by molar-refractivity contribution is -0.144. The predicted molar refractivity (Wildman–Crippen MR) is 64.0 cm³/mol. The highest BCUT2D eigenvalue weighted by Gasteiger charge is 2.09. The largest absolute Gasteiger partial charge is 0.464 e. The first-order valence-corrected chi connectivity index (χ1v) is 5.52. The molecule has 0 unspecified atom stereocenters. The van der Waals surface area contributed by atoms with E-state index < -0.39 is 0 Å². The molecule has 0 saturated carbocycles. The summed E-state index contributed by atoms with van der Waals surface area (Å²) in [5.74, 6) is 0.131. The van der Waals surface area contributed by atoms with Crippen LogP contribution in [0.1, 0.15) is 25.6 Å². The lowest BCUT2D eigenvalue weighted by Gasteiger charge is -2.06. The predicted octanol–water partition coefficient (Wildman–Crippen LogP) is 0.861. The van der Waals surface area contributed by atoms with Gasteiger partial charge in [0.2, 0.25) is 0 Å². The number of rotatable bonds is 6. The van der Waals surface area contributed by atoms with Crippen molar-refractivity contribution in [2.45, 2.75) is 26.3 Å². The molecule has 1 rings (SSSR count). The number of carbonyl (C=O) groups is 1. The van der Waals surface area contributed by atoms with E-state index in [1.807, 2.05) is 6.92 Å². The summed E-state index contributed by atoms with van der Waals surface area (Å²) in [7, 11) is 0. The van der Waals surface area contributed by atoms with E-state index in [9.17, 15) is 4.79 Å². The number of thiocarbonyl (C=S) groups is 1. The summed E-state index contributed by atoms with van der Waals surface area (Å²) in [5, 5.41) is 0. The second-order valence-corrected chi connectivity index (χ2v) is 3.76. The topological polar surface area (TPSA) is 70.1 Å². The van der Waals surface area contributed by atoms with E-state index >= 15 is 0 Å². The minimum absolute atomic E-state index is 0.0936. The first-order chi connectivity index (χ1) is 7.65. The van der Waals surface area contributed by atoms with Crippen molar-refractivity contribution in [3.8, 4) is 0 Å². The Morgan fingerprint density at radius 3 is 3.06 bits per heavy atom. The Morgan fingerprint density at radius 2 is 2.44 bits per heavy atom. The molecule has 0 aliphatic carbocycles. The van der Waals surface area contributed by atoms with E-state index in [2.05, 4.69) is 4.98 Å². The molecule has 0 saturated heterocycles. The molecule has 0 radical (unpaired) electrons. The lowest BCUT2D eigenvalue weighted by atomic mass is 10.4. The molecule has 88 valence electrons. The van der Waals surface area contributed by atoms with Crippen LogP contribution < -0.4 is 5.73 Å². The Hall–Kier alpha value is -1.43. The summed E-state index contributed by atoms with van der Waals surface area (Å²) in [6.45, 7) is 2.58. The Kier molecular flexibility index (Phi) is 4.91. The Bertz CT molecular complexity index is 376. The van der Waals surface area contributed by atoms with Gasteiger partial charge in [-0.15, -0.1) is 0 Å².